The van der Waals surface area contributed by atoms with Crippen LogP contribution in [0.4, 0.5) is 5.69 Å². The number of rotatable bonds is 8. The summed E-state index contributed by atoms with van der Waals surface area (Å²) in [5, 5.41) is 2.84. The van der Waals surface area contributed by atoms with Gasteiger partial charge in [0.25, 0.3) is 0 Å². The minimum Gasteiger partial charge on any atom is -0.345 e. The summed E-state index contributed by atoms with van der Waals surface area (Å²) in [5.41, 5.74) is 1.88. The summed E-state index contributed by atoms with van der Waals surface area (Å²) in [7, 11) is 0. The van der Waals surface area contributed by atoms with Gasteiger partial charge in [0.05, 0.1) is 9.21 Å². The number of hydrogen-bond acceptors (Lipinski definition) is 5. The van der Waals surface area contributed by atoms with Crippen LogP contribution in [0.25, 0.3) is 0 Å². The number of carbonyl (C=O) groups is 4. The van der Waals surface area contributed by atoms with Gasteiger partial charge in [-0.25, -0.2) is 0 Å². The van der Waals surface area contributed by atoms with Gasteiger partial charge in [-0.05, 0) is 69.5 Å². The highest BCUT2D eigenvalue weighted by Gasteiger charge is 2.21. The fourth-order valence-corrected chi connectivity index (χ4v) is 3.69. The molecule has 1 aromatic heterocycles. The number of hydrogen-bond donors (Lipinski definition) is 1. The van der Waals surface area contributed by atoms with E-state index in [0.717, 1.165) is 48.5 Å². The van der Waals surface area contributed by atoms with Crippen LogP contribution in [0.5, 0.6) is 0 Å². The summed E-state index contributed by atoms with van der Waals surface area (Å²) in [4.78, 5) is 46.4. The molecule has 0 aliphatic heterocycles. The number of carbonyl (C=O) groups excluding carboxylic acids is 4. The van der Waals surface area contributed by atoms with Gasteiger partial charge >= 0.3 is 0 Å². The Labute approximate surface area is 246 Å². The van der Waals surface area contributed by atoms with Crippen molar-refractivity contribution in [3.8, 4) is 0 Å². The van der Waals surface area contributed by atoms with E-state index >= 15 is 0 Å². The Balaban J connectivity index is -0.000000502. The second kappa shape index (κ2) is 23.4. The molecule has 0 saturated heterocycles. The van der Waals surface area contributed by atoms with E-state index in [9.17, 15) is 19.2 Å². The Morgan fingerprint density at radius 2 is 1.44 bits per heavy atom. The van der Waals surface area contributed by atoms with E-state index in [-0.39, 0.29) is 17.5 Å². The highest BCUT2D eigenvalue weighted by atomic mass is 35.5. The van der Waals surface area contributed by atoms with Crippen molar-refractivity contribution in [3.05, 3.63) is 50.7 Å². The first-order chi connectivity index (χ1) is 18.3. The summed E-state index contributed by atoms with van der Waals surface area (Å²) in [6, 6.07) is 8.78. The van der Waals surface area contributed by atoms with E-state index in [1.807, 2.05) is 61.5 Å². The number of nitrogens with one attached hydrogen (secondary N) is 1. The Hall–Kier alpha value is -2.51. The van der Waals surface area contributed by atoms with Crippen molar-refractivity contribution in [2.24, 2.45) is 5.41 Å². The molecular formula is C31H51ClN2O4S. The average molecular weight is 583 g/mol. The van der Waals surface area contributed by atoms with Gasteiger partial charge in [0, 0.05) is 29.8 Å². The number of thiophene rings is 1. The molecule has 0 radical (unpaired) electrons. The first-order valence-corrected chi connectivity index (χ1v) is 14.8. The molecule has 0 saturated carbocycles. The van der Waals surface area contributed by atoms with E-state index in [2.05, 4.69) is 19.2 Å². The lowest BCUT2D eigenvalue weighted by molar-refractivity contribution is -0.123. The van der Waals surface area contributed by atoms with Gasteiger partial charge < -0.3 is 10.2 Å². The fraction of sp³-hybridized carbons (Fsp3) is 0.548. The van der Waals surface area contributed by atoms with Gasteiger partial charge in [0.1, 0.15) is 0 Å². The smallest absolute Gasteiger partial charge is 0.229 e. The van der Waals surface area contributed by atoms with Crippen molar-refractivity contribution in [1.82, 2.24) is 4.90 Å². The number of halogens is 1. The van der Waals surface area contributed by atoms with E-state index in [4.69, 9.17) is 11.6 Å². The van der Waals surface area contributed by atoms with Crippen LogP contribution >= 0.6 is 22.9 Å². The zero-order valence-corrected chi connectivity index (χ0v) is 27.7. The third-order valence-electron chi connectivity index (χ3n) is 4.64. The van der Waals surface area contributed by atoms with Crippen LogP contribution < -0.4 is 5.32 Å². The van der Waals surface area contributed by atoms with Crippen molar-refractivity contribution in [2.75, 3.05) is 18.4 Å². The molecule has 8 heteroatoms. The van der Waals surface area contributed by atoms with Gasteiger partial charge in [-0.3, -0.25) is 19.2 Å². The van der Waals surface area contributed by atoms with Gasteiger partial charge in [-0.1, -0.05) is 73.9 Å². The third kappa shape index (κ3) is 19.2. The monoisotopic (exact) mass is 582 g/mol. The van der Waals surface area contributed by atoms with Gasteiger partial charge in [0.2, 0.25) is 12.3 Å². The molecule has 0 fully saturated rings. The van der Waals surface area contributed by atoms with E-state index in [1.54, 1.807) is 29.2 Å². The Morgan fingerprint density at radius 1 is 0.923 bits per heavy atom. The molecule has 0 spiro atoms. The molecular weight excluding hydrogens is 532 g/mol. The van der Waals surface area contributed by atoms with Crippen molar-refractivity contribution in [2.45, 2.75) is 95.9 Å². The van der Waals surface area contributed by atoms with Gasteiger partial charge in [-0.15, -0.1) is 11.3 Å². The maximum absolute atomic E-state index is 11.8. The number of anilines is 1. The zero-order chi connectivity index (χ0) is 31.2. The first-order valence-electron chi connectivity index (χ1n) is 13.6. The number of nitrogens with zero attached hydrogens (tertiary/aromatic N) is 1. The molecule has 222 valence electrons. The molecule has 1 aromatic carbocycles. The second-order valence-corrected chi connectivity index (χ2v) is 10.8. The maximum Gasteiger partial charge on any atom is 0.229 e. The number of Topliss-reactive ketones (excluding diaryl/α,β-unsaturated/α-hetero) is 2. The van der Waals surface area contributed by atoms with Crippen molar-refractivity contribution >= 4 is 52.5 Å². The van der Waals surface area contributed by atoms with Crippen molar-refractivity contribution < 1.29 is 19.2 Å². The predicted molar refractivity (Wildman–Crippen MR) is 170 cm³/mol. The normalized spacial score (nSPS) is 9.46. The molecule has 6 nitrogen and oxygen atoms in total. The quantitative estimate of drug-likeness (QED) is 0.248. The van der Waals surface area contributed by atoms with E-state index in [0.29, 0.717) is 9.90 Å². The summed E-state index contributed by atoms with van der Waals surface area (Å²) in [6.07, 6.45) is 3.03. The molecule has 0 bridgehead atoms. The molecule has 2 rings (SSSR count). The molecule has 0 aliphatic rings. The molecule has 39 heavy (non-hydrogen) atoms. The van der Waals surface area contributed by atoms with Gasteiger partial charge in [-0.2, -0.15) is 0 Å². The van der Waals surface area contributed by atoms with Crippen LogP contribution in [0.15, 0.2) is 30.3 Å². The lowest BCUT2D eigenvalue weighted by Gasteiger charge is -2.18. The fourth-order valence-electron chi connectivity index (χ4n) is 2.75. The topological polar surface area (TPSA) is 83.6 Å². The molecule has 0 unspecified atom stereocenters. The average Bonchev–Trinajstić information content (AvgIpc) is 3.33. The molecule has 0 aliphatic carbocycles. The highest BCUT2D eigenvalue weighted by Crippen LogP contribution is 2.21. The number of ketones is 2. The Bertz CT molecular complexity index is 975. The number of amides is 2. The SMILES string of the molecule is CC.CC.CC(=O)c1ccc(Cl)s1.CC(=O)c1ccc(NC(=O)C(C)(C)C)cc1C.CCCN(C=O)CCC. The maximum atomic E-state index is 11.8. The second-order valence-electron chi connectivity index (χ2n) is 9.09. The lowest BCUT2D eigenvalue weighted by atomic mass is 9.95. The van der Waals surface area contributed by atoms with Crippen molar-refractivity contribution in [3.63, 3.8) is 0 Å². The minimum absolute atomic E-state index is 0.0347. The van der Waals surface area contributed by atoms with Crippen LogP contribution in [0.3, 0.4) is 0 Å². The zero-order valence-electron chi connectivity index (χ0n) is 26.2. The van der Waals surface area contributed by atoms with Crippen LogP contribution in [0, 0.1) is 12.3 Å². The van der Waals surface area contributed by atoms with Crippen LogP contribution in [0.2, 0.25) is 4.34 Å². The van der Waals surface area contributed by atoms with Crippen LogP contribution in [-0.2, 0) is 9.59 Å². The first kappa shape index (κ1) is 41.0. The van der Waals surface area contributed by atoms with Gasteiger partial charge in [0.15, 0.2) is 11.6 Å². The van der Waals surface area contributed by atoms with Crippen LogP contribution in [0.1, 0.15) is 115 Å². The number of benzene rings is 1. The van der Waals surface area contributed by atoms with E-state index < -0.39 is 5.41 Å². The summed E-state index contributed by atoms with van der Waals surface area (Å²) < 4.78 is 0.667. The molecule has 1 N–H and O–H groups in total. The third-order valence-corrected chi connectivity index (χ3v) is 5.97. The van der Waals surface area contributed by atoms with Crippen LogP contribution in [-0.4, -0.2) is 41.9 Å². The summed E-state index contributed by atoms with van der Waals surface area (Å²) in [5.74, 6) is 0.0792. The molecule has 2 amide bonds. The Morgan fingerprint density at radius 3 is 1.72 bits per heavy atom. The molecule has 0 atom stereocenters. The minimum atomic E-state index is -0.423. The Kier molecular flexibility index (Phi) is 24.6. The standard InChI is InChI=1S/C14H19NO2.C7H15NO.C6H5ClOS.2C2H6/c1-9-8-11(6-7-12(9)10(2)16)15-13(17)14(3,4)5;1-3-5-8(7-9)6-4-2;1-4(8)5-2-3-6(7)9-5;2*1-2/h6-8H,1-5H3,(H,15,17);7H,3-6H2,1-2H3;2-3H,1H3;2*1-2H3. The summed E-state index contributed by atoms with van der Waals surface area (Å²) in [6.45, 7) is 24.5. The number of aryl methyl sites for hydroxylation is 1. The molecule has 1 heterocycles. The van der Waals surface area contributed by atoms with E-state index in [1.165, 1.54) is 25.2 Å². The highest BCUT2D eigenvalue weighted by molar-refractivity contribution is 7.18. The summed E-state index contributed by atoms with van der Waals surface area (Å²) >= 11 is 6.88. The lowest BCUT2D eigenvalue weighted by Crippen LogP contribution is -2.27. The molecule has 2 aromatic rings. The van der Waals surface area contributed by atoms with Crippen molar-refractivity contribution in [1.29, 1.82) is 0 Å². The predicted octanol–water partition coefficient (Wildman–Crippen LogP) is 9.10. The largest absolute Gasteiger partial charge is 0.345 e.